The third-order valence-corrected chi connectivity index (χ3v) is 5.10. The lowest BCUT2D eigenvalue weighted by Crippen LogP contribution is -2.09. The number of rotatable bonds is 8. The molecule has 0 aliphatic rings. The van der Waals surface area contributed by atoms with Gasteiger partial charge < -0.3 is 18.6 Å². The summed E-state index contributed by atoms with van der Waals surface area (Å²) in [4.78, 5) is 29.1. The van der Waals surface area contributed by atoms with Crippen LogP contribution in [0.4, 0.5) is 0 Å². The van der Waals surface area contributed by atoms with E-state index in [1.54, 1.807) is 13.8 Å². The summed E-state index contributed by atoms with van der Waals surface area (Å²) in [6.07, 6.45) is 1.36. The maximum atomic E-state index is 12.4. The molecular weight excluding hydrogens is 394 g/mol. The van der Waals surface area contributed by atoms with E-state index in [9.17, 15) is 9.59 Å². The average molecular weight is 415 g/mol. The molecule has 0 saturated heterocycles. The molecule has 3 rings (SSSR count). The molecule has 0 aliphatic heterocycles. The molecule has 7 nitrogen and oxygen atoms in total. The molecule has 152 valence electrons. The molecule has 2 aromatic heterocycles. The van der Waals surface area contributed by atoms with Gasteiger partial charge in [-0.05, 0) is 39.0 Å². The number of esters is 2. The SMILES string of the molecule is CCOC(=O)c1ccoc1COC(=O)c1sc(COc2ccc(C)cc2)nc1C. The van der Waals surface area contributed by atoms with Gasteiger partial charge >= 0.3 is 11.9 Å². The summed E-state index contributed by atoms with van der Waals surface area (Å²) in [6.45, 7) is 5.78. The summed E-state index contributed by atoms with van der Waals surface area (Å²) in [5.41, 5.74) is 1.95. The van der Waals surface area contributed by atoms with Crippen LogP contribution in [0.2, 0.25) is 0 Å². The fourth-order valence-corrected chi connectivity index (χ4v) is 3.39. The van der Waals surface area contributed by atoms with E-state index in [-0.39, 0.29) is 31.1 Å². The van der Waals surface area contributed by atoms with Gasteiger partial charge in [0.2, 0.25) is 0 Å². The first-order valence-electron chi connectivity index (χ1n) is 9.04. The molecule has 0 atom stereocenters. The Kier molecular flexibility index (Phi) is 6.66. The van der Waals surface area contributed by atoms with E-state index >= 15 is 0 Å². The van der Waals surface area contributed by atoms with Crippen molar-refractivity contribution in [1.82, 2.24) is 4.98 Å². The van der Waals surface area contributed by atoms with Crippen LogP contribution in [0.25, 0.3) is 0 Å². The molecular formula is C21H21NO6S. The van der Waals surface area contributed by atoms with Gasteiger partial charge in [-0.3, -0.25) is 0 Å². The summed E-state index contributed by atoms with van der Waals surface area (Å²) < 4.78 is 21.2. The molecule has 0 spiro atoms. The zero-order valence-electron chi connectivity index (χ0n) is 16.4. The number of benzene rings is 1. The largest absolute Gasteiger partial charge is 0.486 e. The Bertz CT molecular complexity index is 989. The molecule has 0 bridgehead atoms. The Morgan fingerprint density at radius 1 is 1.03 bits per heavy atom. The van der Waals surface area contributed by atoms with E-state index in [0.29, 0.717) is 15.6 Å². The van der Waals surface area contributed by atoms with Crippen LogP contribution in [0, 0.1) is 13.8 Å². The van der Waals surface area contributed by atoms with Crippen LogP contribution >= 0.6 is 11.3 Å². The van der Waals surface area contributed by atoms with Crippen molar-refractivity contribution in [3.05, 3.63) is 69.1 Å². The minimum Gasteiger partial charge on any atom is -0.486 e. The molecule has 0 aliphatic carbocycles. The van der Waals surface area contributed by atoms with Crippen molar-refractivity contribution in [1.29, 1.82) is 0 Å². The highest BCUT2D eigenvalue weighted by molar-refractivity contribution is 7.13. The summed E-state index contributed by atoms with van der Waals surface area (Å²) in [5.74, 6) is -0.0802. The zero-order chi connectivity index (χ0) is 20.8. The van der Waals surface area contributed by atoms with Crippen molar-refractivity contribution in [3.8, 4) is 5.75 Å². The third kappa shape index (κ3) is 5.23. The number of thiazole rings is 1. The van der Waals surface area contributed by atoms with E-state index in [0.717, 1.165) is 11.3 Å². The van der Waals surface area contributed by atoms with Gasteiger partial charge in [0.15, 0.2) is 12.4 Å². The van der Waals surface area contributed by atoms with Gasteiger partial charge in [-0.2, -0.15) is 0 Å². The Morgan fingerprint density at radius 3 is 2.52 bits per heavy atom. The zero-order valence-corrected chi connectivity index (χ0v) is 17.2. The molecule has 0 amide bonds. The second kappa shape index (κ2) is 9.38. The van der Waals surface area contributed by atoms with Crippen LogP contribution in [-0.2, 0) is 22.7 Å². The van der Waals surface area contributed by atoms with Crippen LogP contribution in [0.15, 0.2) is 41.0 Å². The highest BCUT2D eigenvalue weighted by Gasteiger charge is 2.20. The third-order valence-electron chi connectivity index (χ3n) is 3.98. The van der Waals surface area contributed by atoms with Crippen molar-refractivity contribution in [3.63, 3.8) is 0 Å². The first-order chi connectivity index (χ1) is 14.0. The summed E-state index contributed by atoms with van der Waals surface area (Å²) >= 11 is 1.21. The fourth-order valence-electron chi connectivity index (χ4n) is 2.52. The monoisotopic (exact) mass is 415 g/mol. The molecule has 0 fully saturated rings. The van der Waals surface area contributed by atoms with Gasteiger partial charge in [0.05, 0.1) is 18.6 Å². The number of carbonyl (C=O) groups excluding carboxylic acids is 2. The number of hydrogen-bond acceptors (Lipinski definition) is 8. The standard InChI is InChI=1S/C21H21NO6S/c1-4-25-20(23)16-9-10-26-17(16)11-28-21(24)19-14(3)22-18(29-19)12-27-15-7-5-13(2)6-8-15/h5-10H,4,11-12H2,1-3H3. The molecule has 3 aromatic rings. The normalized spacial score (nSPS) is 10.6. The first-order valence-corrected chi connectivity index (χ1v) is 9.86. The molecule has 0 N–H and O–H groups in total. The lowest BCUT2D eigenvalue weighted by Gasteiger charge is -2.04. The lowest BCUT2D eigenvalue weighted by molar-refractivity contribution is 0.0426. The number of aromatic nitrogens is 1. The minimum absolute atomic E-state index is 0.174. The number of ether oxygens (including phenoxy) is 3. The Hall–Kier alpha value is -3.13. The smallest absolute Gasteiger partial charge is 0.350 e. The summed E-state index contributed by atoms with van der Waals surface area (Å²) in [5, 5.41) is 0.667. The Morgan fingerprint density at radius 2 is 1.79 bits per heavy atom. The molecule has 0 saturated carbocycles. The van der Waals surface area contributed by atoms with Gasteiger partial charge in [-0.15, -0.1) is 11.3 Å². The predicted octanol–water partition coefficient (Wildman–Crippen LogP) is 4.47. The highest BCUT2D eigenvalue weighted by Crippen LogP contribution is 2.22. The van der Waals surface area contributed by atoms with Crippen molar-refractivity contribution in [2.75, 3.05) is 6.61 Å². The average Bonchev–Trinajstić information content (AvgIpc) is 3.32. The quantitative estimate of drug-likeness (QED) is 0.502. The maximum absolute atomic E-state index is 12.4. The second-order valence-corrected chi connectivity index (χ2v) is 7.26. The van der Waals surface area contributed by atoms with Gasteiger partial charge in [-0.25, -0.2) is 14.6 Å². The lowest BCUT2D eigenvalue weighted by atomic mass is 10.2. The van der Waals surface area contributed by atoms with Gasteiger partial charge in [0.25, 0.3) is 0 Å². The van der Waals surface area contributed by atoms with Crippen molar-refractivity contribution >= 4 is 23.3 Å². The second-order valence-electron chi connectivity index (χ2n) is 6.18. The van der Waals surface area contributed by atoms with E-state index < -0.39 is 11.9 Å². The van der Waals surface area contributed by atoms with E-state index in [4.69, 9.17) is 18.6 Å². The number of furan rings is 1. The van der Waals surface area contributed by atoms with E-state index in [2.05, 4.69) is 4.98 Å². The van der Waals surface area contributed by atoms with Gasteiger partial charge in [0, 0.05) is 0 Å². The van der Waals surface area contributed by atoms with Crippen LogP contribution < -0.4 is 4.74 Å². The summed E-state index contributed by atoms with van der Waals surface area (Å²) in [7, 11) is 0. The molecule has 0 unspecified atom stereocenters. The molecule has 2 heterocycles. The van der Waals surface area contributed by atoms with Crippen LogP contribution in [0.1, 0.15) is 49.0 Å². The van der Waals surface area contributed by atoms with Gasteiger partial charge in [0.1, 0.15) is 27.8 Å². The van der Waals surface area contributed by atoms with Crippen LogP contribution in [0.5, 0.6) is 5.75 Å². The fraction of sp³-hybridized carbons (Fsp3) is 0.286. The molecule has 0 radical (unpaired) electrons. The van der Waals surface area contributed by atoms with Crippen molar-refractivity contribution in [2.24, 2.45) is 0 Å². The van der Waals surface area contributed by atoms with E-state index in [1.165, 1.54) is 23.7 Å². The number of aryl methyl sites for hydroxylation is 2. The molecule has 29 heavy (non-hydrogen) atoms. The maximum Gasteiger partial charge on any atom is 0.350 e. The number of carbonyl (C=O) groups is 2. The van der Waals surface area contributed by atoms with Crippen molar-refractivity contribution in [2.45, 2.75) is 34.0 Å². The Balaban J connectivity index is 1.60. The first kappa shape index (κ1) is 20.6. The topological polar surface area (TPSA) is 87.9 Å². The molecule has 1 aromatic carbocycles. The molecule has 8 heteroatoms. The minimum atomic E-state index is -0.534. The van der Waals surface area contributed by atoms with Crippen LogP contribution in [-0.4, -0.2) is 23.5 Å². The van der Waals surface area contributed by atoms with E-state index in [1.807, 2.05) is 31.2 Å². The number of nitrogens with zero attached hydrogens (tertiary/aromatic N) is 1. The van der Waals surface area contributed by atoms with Crippen molar-refractivity contribution < 1.29 is 28.2 Å². The van der Waals surface area contributed by atoms with Crippen LogP contribution in [0.3, 0.4) is 0 Å². The Labute approximate surface area is 172 Å². The summed E-state index contributed by atoms with van der Waals surface area (Å²) in [6, 6.07) is 9.18. The highest BCUT2D eigenvalue weighted by atomic mass is 32.1. The predicted molar refractivity (Wildman–Crippen MR) is 106 cm³/mol. The number of hydrogen-bond donors (Lipinski definition) is 0. The van der Waals surface area contributed by atoms with Gasteiger partial charge in [-0.1, -0.05) is 17.7 Å².